The molecule has 0 bridgehead atoms. The third kappa shape index (κ3) is 2.35. The van der Waals surface area contributed by atoms with E-state index in [1.165, 1.54) is 0 Å². The first-order valence-corrected chi connectivity index (χ1v) is 6.59. The second kappa shape index (κ2) is 4.60. The molecule has 0 aromatic carbocycles. The van der Waals surface area contributed by atoms with Crippen LogP contribution in [0.3, 0.4) is 0 Å². The number of hydrogen-bond acceptors (Lipinski definition) is 2. The van der Waals surface area contributed by atoms with Gasteiger partial charge in [-0.15, -0.1) is 0 Å². The van der Waals surface area contributed by atoms with Gasteiger partial charge in [0.15, 0.2) is 0 Å². The number of aliphatic hydroxyl groups is 1. The third-order valence-corrected chi connectivity index (χ3v) is 4.73. The highest BCUT2D eigenvalue weighted by atomic mass is 16.3. The summed E-state index contributed by atoms with van der Waals surface area (Å²) in [7, 11) is 0. The summed E-state index contributed by atoms with van der Waals surface area (Å²) in [4.78, 5) is 14.4. The predicted molar refractivity (Wildman–Crippen MR) is 69.6 cm³/mol. The maximum atomic E-state index is 12.5. The molecule has 17 heavy (non-hydrogen) atoms. The third-order valence-electron chi connectivity index (χ3n) is 4.73. The Hall–Kier alpha value is -0.570. The highest BCUT2D eigenvalue weighted by molar-refractivity contribution is 5.84. The van der Waals surface area contributed by atoms with E-state index in [1.807, 2.05) is 18.7 Å². The highest BCUT2D eigenvalue weighted by Crippen LogP contribution is 2.68. The first-order chi connectivity index (χ1) is 7.67. The zero-order valence-electron chi connectivity index (χ0n) is 12.1. The van der Waals surface area contributed by atoms with Gasteiger partial charge in [-0.2, -0.15) is 0 Å². The van der Waals surface area contributed by atoms with Gasteiger partial charge in [-0.1, -0.05) is 27.7 Å². The lowest BCUT2D eigenvalue weighted by molar-refractivity contribution is -0.135. The van der Waals surface area contributed by atoms with Crippen molar-refractivity contribution in [1.82, 2.24) is 4.90 Å². The minimum absolute atomic E-state index is 0.0937. The van der Waals surface area contributed by atoms with Gasteiger partial charge in [-0.3, -0.25) is 4.79 Å². The molecule has 1 N–H and O–H groups in total. The Kier molecular flexibility index (Phi) is 3.92. The number of carbonyl (C=O) groups excluding carboxylic acids is 1. The fourth-order valence-electron chi connectivity index (χ4n) is 2.84. The smallest absolute Gasteiger partial charge is 0.227 e. The van der Waals surface area contributed by atoms with Gasteiger partial charge in [0.05, 0.1) is 0 Å². The lowest BCUT2D eigenvalue weighted by Gasteiger charge is -2.27. The minimum atomic E-state index is 0.0937. The molecule has 0 aromatic rings. The minimum Gasteiger partial charge on any atom is -0.396 e. The summed E-state index contributed by atoms with van der Waals surface area (Å²) in [6.07, 6.45) is 0.664. The Labute approximate surface area is 105 Å². The van der Waals surface area contributed by atoms with Crippen molar-refractivity contribution in [3.63, 3.8) is 0 Å². The number of rotatable bonds is 5. The van der Waals surface area contributed by atoms with Crippen molar-refractivity contribution in [3.05, 3.63) is 0 Å². The van der Waals surface area contributed by atoms with Crippen molar-refractivity contribution < 1.29 is 9.90 Å². The van der Waals surface area contributed by atoms with E-state index in [0.717, 1.165) is 0 Å². The van der Waals surface area contributed by atoms with Crippen molar-refractivity contribution in [2.75, 3.05) is 13.2 Å². The van der Waals surface area contributed by atoms with Gasteiger partial charge in [-0.05, 0) is 31.1 Å². The van der Waals surface area contributed by atoms with Crippen LogP contribution in [0.4, 0.5) is 0 Å². The van der Waals surface area contributed by atoms with Crippen LogP contribution in [-0.4, -0.2) is 35.1 Å². The summed E-state index contributed by atoms with van der Waals surface area (Å²) in [5, 5.41) is 8.90. The number of amides is 1. The van der Waals surface area contributed by atoms with Gasteiger partial charge in [-0.25, -0.2) is 0 Å². The molecule has 0 heterocycles. The molecular formula is C14H27NO2. The summed E-state index contributed by atoms with van der Waals surface area (Å²) in [6, 6.07) is 0.209. The molecule has 0 aromatic heterocycles. The molecular weight excluding hydrogens is 214 g/mol. The van der Waals surface area contributed by atoms with Crippen LogP contribution in [0.25, 0.3) is 0 Å². The maximum absolute atomic E-state index is 12.5. The van der Waals surface area contributed by atoms with Crippen LogP contribution < -0.4 is 0 Å². The molecule has 0 aliphatic heterocycles. The zero-order chi connectivity index (χ0) is 13.4. The Morgan fingerprint density at radius 2 is 1.71 bits per heavy atom. The van der Waals surface area contributed by atoms with Crippen LogP contribution in [0.2, 0.25) is 0 Å². The van der Waals surface area contributed by atoms with Crippen molar-refractivity contribution in [3.8, 4) is 0 Å². The normalized spacial score (nSPS) is 21.6. The second-order valence-electron chi connectivity index (χ2n) is 6.58. The molecule has 1 fully saturated rings. The van der Waals surface area contributed by atoms with Gasteiger partial charge in [0.1, 0.15) is 0 Å². The fourth-order valence-corrected chi connectivity index (χ4v) is 2.84. The predicted octanol–water partition coefficient (Wildman–Crippen LogP) is 2.29. The van der Waals surface area contributed by atoms with Crippen molar-refractivity contribution in [2.45, 2.75) is 54.0 Å². The van der Waals surface area contributed by atoms with Gasteiger partial charge < -0.3 is 10.0 Å². The summed E-state index contributed by atoms with van der Waals surface area (Å²) < 4.78 is 0. The van der Waals surface area contributed by atoms with Crippen molar-refractivity contribution in [1.29, 1.82) is 0 Å². The van der Waals surface area contributed by atoms with E-state index in [4.69, 9.17) is 5.11 Å². The van der Waals surface area contributed by atoms with Crippen molar-refractivity contribution >= 4 is 5.91 Å². The van der Waals surface area contributed by atoms with Crippen LogP contribution in [0, 0.1) is 16.7 Å². The quantitative estimate of drug-likeness (QED) is 0.802. The first kappa shape index (κ1) is 14.5. The molecule has 3 heteroatoms. The highest BCUT2D eigenvalue weighted by Gasteiger charge is 2.68. The Morgan fingerprint density at radius 1 is 1.24 bits per heavy atom. The van der Waals surface area contributed by atoms with E-state index in [9.17, 15) is 4.79 Å². The Balaban J connectivity index is 2.74. The van der Waals surface area contributed by atoms with E-state index in [2.05, 4.69) is 27.7 Å². The van der Waals surface area contributed by atoms with Gasteiger partial charge in [0, 0.05) is 25.1 Å². The van der Waals surface area contributed by atoms with E-state index in [0.29, 0.717) is 13.0 Å². The molecule has 0 radical (unpaired) electrons. The van der Waals surface area contributed by atoms with Gasteiger partial charge >= 0.3 is 0 Å². The SMILES string of the molecule is CC(C)N(CCCO)C(=O)C1C(C)(C)C1(C)C. The van der Waals surface area contributed by atoms with Crippen LogP contribution in [0.5, 0.6) is 0 Å². The molecule has 100 valence electrons. The molecule has 1 amide bonds. The molecule has 0 unspecified atom stereocenters. The summed E-state index contributed by atoms with van der Waals surface area (Å²) in [6.45, 7) is 13.6. The number of hydrogen-bond donors (Lipinski definition) is 1. The number of carbonyl (C=O) groups is 1. The number of nitrogens with zero attached hydrogens (tertiary/aromatic N) is 1. The fraction of sp³-hybridized carbons (Fsp3) is 0.929. The average molecular weight is 241 g/mol. The second-order valence-corrected chi connectivity index (χ2v) is 6.58. The molecule has 0 atom stereocenters. The standard InChI is InChI=1S/C14H27NO2/c1-10(2)15(8-7-9-16)12(17)11-13(3,4)14(11,5)6/h10-11,16H,7-9H2,1-6H3. The molecule has 0 spiro atoms. The van der Waals surface area contributed by atoms with E-state index >= 15 is 0 Å². The van der Waals surface area contributed by atoms with Crippen molar-refractivity contribution in [2.24, 2.45) is 16.7 Å². The van der Waals surface area contributed by atoms with Crippen LogP contribution in [0.15, 0.2) is 0 Å². The summed E-state index contributed by atoms with van der Waals surface area (Å²) in [5.74, 6) is 0.375. The van der Waals surface area contributed by atoms with Gasteiger partial charge in [0.2, 0.25) is 5.91 Å². The van der Waals surface area contributed by atoms with Crippen LogP contribution in [0.1, 0.15) is 48.0 Å². The molecule has 1 saturated carbocycles. The van der Waals surface area contributed by atoms with Crippen LogP contribution in [-0.2, 0) is 4.79 Å². The summed E-state index contributed by atoms with van der Waals surface area (Å²) in [5.41, 5.74) is 0.187. The first-order valence-electron chi connectivity index (χ1n) is 6.59. The molecule has 1 rings (SSSR count). The number of aliphatic hydroxyl groups excluding tert-OH is 1. The molecule has 1 aliphatic rings. The summed E-state index contributed by atoms with van der Waals surface area (Å²) >= 11 is 0. The molecule has 3 nitrogen and oxygen atoms in total. The van der Waals surface area contributed by atoms with E-state index in [-0.39, 0.29) is 35.3 Å². The topological polar surface area (TPSA) is 40.5 Å². The van der Waals surface area contributed by atoms with E-state index < -0.39 is 0 Å². The van der Waals surface area contributed by atoms with Crippen LogP contribution >= 0.6 is 0 Å². The molecule has 0 saturated heterocycles. The molecule has 1 aliphatic carbocycles. The Morgan fingerprint density at radius 3 is 2.00 bits per heavy atom. The Bertz CT molecular complexity index is 281. The maximum Gasteiger partial charge on any atom is 0.227 e. The lowest BCUT2D eigenvalue weighted by Crippen LogP contribution is -2.40. The average Bonchev–Trinajstić information content (AvgIpc) is 2.57. The van der Waals surface area contributed by atoms with Gasteiger partial charge in [0.25, 0.3) is 0 Å². The monoisotopic (exact) mass is 241 g/mol. The lowest BCUT2D eigenvalue weighted by atomic mass is 10.0. The zero-order valence-corrected chi connectivity index (χ0v) is 12.1. The van der Waals surface area contributed by atoms with E-state index in [1.54, 1.807) is 0 Å². The largest absolute Gasteiger partial charge is 0.396 e.